The topological polar surface area (TPSA) is 104 Å². The van der Waals surface area contributed by atoms with Gasteiger partial charge in [0, 0.05) is 53.9 Å². The van der Waals surface area contributed by atoms with Crippen LogP contribution in [0.25, 0.3) is 10.8 Å². The van der Waals surface area contributed by atoms with Crippen molar-refractivity contribution in [3.63, 3.8) is 0 Å². The van der Waals surface area contributed by atoms with Crippen LogP contribution in [0.3, 0.4) is 0 Å². The molecule has 3 aromatic heterocycles. The van der Waals surface area contributed by atoms with Crippen LogP contribution in [0, 0.1) is 12.7 Å². The van der Waals surface area contributed by atoms with Crippen molar-refractivity contribution in [1.82, 2.24) is 29.6 Å². The minimum atomic E-state index is -0.410. The molecule has 1 amide bonds. The first kappa shape index (κ1) is 23.8. The average molecular weight is 510 g/mol. The molecule has 9 heteroatoms. The number of aryl methyl sites for hydroxylation is 1. The zero-order chi connectivity index (χ0) is 26.2. The Labute approximate surface area is 219 Å². The van der Waals surface area contributed by atoms with Crippen LogP contribution in [0.2, 0.25) is 0 Å². The van der Waals surface area contributed by atoms with Crippen LogP contribution in [0.15, 0.2) is 67.3 Å². The Kier molecular flexibility index (Phi) is 6.11. The second kappa shape index (κ2) is 9.74. The molecule has 0 bridgehead atoms. The van der Waals surface area contributed by atoms with Crippen LogP contribution in [0.4, 0.5) is 10.2 Å². The van der Waals surface area contributed by atoms with Crippen molar-refractivity contribution in [3.8, 4) is 0 Å². The number of carbonyl (C=O) groups excluding carboxylic acids is 1. The van der Waals surface area contributed by atoms with Gasteiger partial charge < -0.3 is 15.6 Å². The molecule has 0 saturated heterocycles. The maximum Gasteiger partial charge on any atom is 0.271 e. The first-order valence-corrected chi connectivity index (χ1v) is 12.7. The largest absolute Gasteiger partial charge is 0.383 e. The van der Waals surface area contributed by atoms with Crippen LogP contribution < -0.4 is 11.1 Å². The van der Waals surface area contributed by atoms with E-state index >= 15 is 4.39 Å². The third-order valence-electron chi connectivity index (χ3n) is 6.90. The summed E-state index contributed by atoms with van der Waals surface area (Å²) in [5.74, 6) is 0.830. The molecule has 3 N–H and O–H groups in total. The molecule has 0 unspecified atom stereocenters. The SMILES string of the molecule is Cc1cnn(Cc2ccc(Cn3cc(C(=O)NCc4ccc5c(N)nccc5c4F)nc3C3CC3)cc2)c1. The van der Waals surface area contributed by atoms with Crippen LogP contribution in [-0.2, 0) is 19.6 Å². The normalized spacial score (nSPS) is 13.2. The number of nitrogens with one attached hydrogen (secondary N) is 1. The van der Waals surface area contributed by atoms with E-state index in [4.69, 9.17) is 5.73 Å². The molecule has 1 aliphatic rings. The van der Waals surface area contributed by atoms with Crippen molar-refractivity contribution in [2.75, 3.05) is 5.73 Å². The number of pyridine rings is 1. The summed E-state index contributed by atoms with van der Waals surface area (Å²) >= 11 is 0. The number of anilines is 1. The lowest BCUT2D eigenvalue weighted by Crippen LogP contribution is -2.23. The fourth-order valence-corrected chi connectivity index (χ4v) is 4.71. The number of aromatic nitrogens is 5. The molecule has 3 heterocycles. The number of amides is 1. The molecule has 0 aliphatic heterocycles. The van der Waals surface area contributed by atoms with Gasteiger partial charge in [0.2, 0.25) is 0 Å². The summed E-state index contributed by atoms with van der Waals surface area (Å²) in [7, 11) is 0. The zero-order valence-electron chi connectivity index (χ0n) is 21.1. The zero-order valence-corrected chi connectivity index (χ0v) is 21.1. The number of nitrogens with two attached hydrogens (primary N) is 1. The maximum atomic E-state index is 15.0. The molecular formula is C29H28FN7O. The van der Waals surface area contributed by atoms with E-state index in [0.717, 1.165) is 36.3 Å². The summed E-state index contributed by atoms with van der Waals surface area (Å²) in [6.07, 6.45) is 9.29. The minimum Gasteiger partial charge on any atom is -0.383 e. The fourth-order valence-electron chi connectivity index (χ4n) is 4.71. The molecule has 5 aromatic rings. The van der Waals surface area contributed by atoms with Gasteiger partial charge in [-0.2, -0.15) is 5.10 Å². The lowest BCUT2D eigenvalue weighted by Gasteiger charge is -2.09. The van der Waals surface area contributed by atoms with Gasteiger partial charge in [-0.15, -0.1) is 0 Å². The summed E-state index contributed by atoms with van der Waals surface area (Å²) in [6, 6.07) is 13.4. The van der Waals surface area contributed by atoms with Crippen LogP contribution in [-0.4, -0.2) is 30.2 Å². The van der Waals surface area contributed by atoms with Crippen molar-refractivity contribution in [1.29, 1.82) is 0 Å². The lowest BCUT2D eigenvalue weighted by atomic mass is 10.1. The summed E-state index contributed by atoms with van der Waals surface area (Å²) < 4.78 is 19.0. The third-order valence-corrected chi connectivity index (χ3v) is 6.90. The summed E-state index contributed by atoms with van der Waals surface area (Å²) in [5.41, 5.74) is 10.0. The Balaban J connectivity index is 1.15. The predicted molar refractivity (Wildman–Crippen MR) is 143 cm³/mol. The van der Waals surface area contributed by atoms with Crippen LogP contribution in [0.5, 0.6) is 0 Å². The number of rotatable bonds is 8. The Morgan fingerprint density at radius 1 is 1.05 bits per heavy atom. The van der Waals surface area contributed by atoms with Crippen molar-refractivity contribution in [3.05, 3.63) is 107 Å². The molecule has 1 aliphatic carbocycles. The number of fused-ring (bicyclic) bond motifs is 1. The van der Waals surface area contributed by atoms with Gasteiger partial charge >= 0.3 is 0 Å². The van der Waals surface area contributed by atoms with Crippen LogP contribution in [0.1, 0.15) is 57.3 Å². The van der Waals surface area contributed by atoms with Crippen molar-refractivity contribution in [2.24, 2.45) is 0 Å². The van der Waals surface area contributed by atoms with Gasteiger partial charge in [0.15, 0.2) is 0 Å². The van der Waals surface area contributed by atoms with Gasteiger partial charge in [-0.3, -0.25) is 9.48 Å². The van der Waals surface area contributed by atoms with Crippen molar-refractivity contribution < 1.29 is 9.18 Å². The van der Waals surface area contributed by atoms with Crippen LogP contribution >= 0.6 is 0 Å². The van der Waals surface area contributed by atoms with Gasteiger partial charge in [-0.25, -0.2) is 14.4 Å². The van der Waals surface area contributed by atoms with E-state index < -0.39 is 5.82 Å². The Morgan fingerprint density at radius 3 is 2.53 bits per heavy atom. The fraction of sp³-hybridized carbons (Fsp3) is 0.241. The van der Waals surface area contributed by atoms with E-state index in [2.05, 4.69) is 49.2 Å². The average Bonchev–Trinajstić information content (AvgIpc) is 3.55. The number of imidazole rings is 1. The van der Waals surface area contributed by atoms with E-state index in [1.165, 1.54) is 11.8 Å². The number of hydrogen-bond acceptors (Lipinski definition) is 5. The molecular weight excluding hydrogens is 481 g/mol. The first-order chi connectivity index (χ1) is 18.4. The number of carbonyl (C=O) groups is 1. The van der Waals surface area contributed by atoms with E-state index in [0.29, 0.717) is 34.5 Å². The molecule has 0 spiro atoms. The van der Waals surface area contributed by atoms with E-state index in [1.54, 1.807) is 24.4 Å². The van der Waals surface area contributed by atoms with E-state index in [1.807, 2.05) is 24.0 Å². The second-order valence-electron chi connectivity index (χ2n) is 9.93. The summed E-state index contributed by atoms with van der Waals surface area (Å²) in [5, 5.41) is 8.11. The number of nitrogen functional groups attached to an aromatic ring is 1. The summed E-state index contributed by atoms with van der Waals surface area (Å²) in [6.45, 7) is 3.42. The quantitative estimate of drug-likeness (QED) is 0.319. The lowest BCUT2D eigenvalue weighted by molar-refractivity contribution is 0.0946. The molecule has 0 atom stereocenters. The monoisotopic (exact) mass is 509 g/mol. The number of benzene rings is 2. The first-order valence-electron chi connectivity index (χ1n) is 12.7. The third kappa shape index (κ3) is 4.87. The van der Waals surface area contributed by atoms with Gasteiger partial charge in [0.1, 0.15) is 23.2 Å². The van der Waals surface area contributed by atoms with Gasteiger partial charge in [-0.05, 0) is 42.5 Å². The molecule has 192 valence electrons. The highest BCUT2D eigenvalue weighted by molar-refractivity contribution is 5.93. The second-order valence-corrected chi connectivity index (χ2v) is 9.93. The molecule has 6 rings (SSSR count). The highest BCUT2D eigenvalue weighted by atomic mass is 19.1. The van der Waals surface area contributed by atoms with Crippen molar-refractivity contribution >= 4 is 22.5 Å². The Morgan fingerprint density at radius 2 is 1.82 bits per heavy atom. The van der Waals surface area contributed by atoms with Crippen molar-refractivity contribution in [2.45, 2.75) is 45.3 Å². The van der Waals surface area contributed by atoms with Gasteiger partial charge in [0.25, 0.3) is 5.91 Å². The molecule has 1 saturated carbocycles. The Hall–Kier alpha value is -4.53. The molecule has 0 radical (unpaired) electrons. The Bertz CT molecular complexity index is 1630. The maximum absolute atomic E-state index is 15.0. The number of nitrogens with zero attached hydrogens (tertiary/aromatic N) is 5. The smallest absolute Gasteiger partial charge is 0.271 e. The molecule has 1 fully saturated rings. The number of halogens is 1. The highest BCUT2D eigenvalue weighted by Crippen LogP contribution is 2.39. The molecule has 8 nitrogen and oxygen atoms in total. The standard InChI is InChI=1S/C29H28FN7O/c1-18-12-34-37(14-18)16-20-4-2-19(3-5-20)15-36-17-25(35-28(36)21-6-7-21)29(38)33-13-22-8-9-24-23(26(22)30)10-11-32-27(24)31/h2-5,8-12,14,17,21H,6-7,13,15-16H2,1H3,(H2,31,32)(H,33,38). The summed E-state index contributed by atoms with van der Waals surface area (Å²) in [4.78, 5) is 21.6. The molecule has 2 aromatic carbocycles. The predicted octanol–water partition coefficient (Wildman–Crippen LogP) is 4.56. The minimum absolute atomic E-state index is 0.0473. The van der Waals surface area contributed by atoms with Gasteiger partial charge in [0.05, 0.1) is 12.7 Å². The number of hydrogen-bond donors (Lipinski definition) is 2. The van der Waals surface area contributed by atoms with E-state index in [9.17, 15) is 4.79 Å². The highest BCUT2D eigenvalue weighted by Gasteiger charge is 2.30. The van der Waals surface area contributed by atoms with E-state index in [-0.39, 0.29) is 18.3 Å². The van der Waals surface area contributed by atoms with Gasteiger partial charge in [-0.1, -0.05) is 36.4 Å². The molecule has 38 heavy (non-hydrogen) atoms.